The molecule has 3 heteroatoms. The highest BCUT2D eigenvalue weighted by atomic mass is 16.6. The van der Waals surface area contributed by atoms with E-state index < -0.39 is 0 Å². The number of benzene rings is 1. The summed E-state index contributed by atoms with van der Waals surface area (Å²) in [5, 5.41) is 10.5. The Balaban J connectivity index is 2.69. The fourth-order valence-electron chi connectivity index (χ4n) is 1.28. The monoisotopic (exact) mass is 193 g/mol. The number of nitrogens with zero attached hydrogens (tertiary/aromatic N) is 1. The Morgan fingerprint density at radius 3 is 2.71 bits per heavy atom. The zero-order valence-corrected chi connectivity index (χ0v) is 8.56. The maximum Gasteiger partial charge on any atom is 0.269 e. The molecule has 0 aliphatic rings. The van der Waals surface area contributed by atoms with E-state index in [1.165, 1.54) is 6.07 Å². The molecular formula is C11H15NO2. The van der Waals surface area contributed by atoms with Gasteiger partial charge in [-0.05, 0) is 24.3 Å². The first kappa shape index (κ1) is 10.7. The molecule has 0 amide bonds. The van der Waals surface area contributed by atoms with E-state index in [4.69, 9.17) is 0 Å². The predicted molar refractivity (Wildman–Crippen MR) is 56.3 cm³/mol. The normalized spacial score (nSPS) is 10.5. The Kier molecular flexibility index (Phi) is 3.63. The molecule has 1 rings (SSSR count). The van der Waals surface area contributed by atoms with Crippen molar-refractivity contribution in [3.8, 4) is 0 Å². The van der Waals surface area contributed by atoms with Crippen molar-refractivity contribution in [2.45, 2.75) is 26.7 Å². The molecule has 0 atom stereocenters. The van der Waals surface area contributed by atoms with Crippen LogP contribution in [0.5, 0.6) is 0 Å². The molecule has 0 unspecified atom stereocenters. The third-order valence-electron chi connectivity index (χ3n) is 2.13. The smallest absolute Gasteiger partial charge is 0.258 e. The molecule has 0 heterocycles. The van der Waals surface area contributed by atoms with Gasteiger partial charge in [-0.15, -0.1) is 0 Å². The van der Waals surface area contributed by atoms with Crippen molar-refractivity contribution in [2.24, 2.45) is 5.92 Å². The van der Waals surface area contributed by atoms with Gasteiger partial charge in [-0.3, -0.25) is 10.1 Å². The fourth-order valence-corrected chi connectivity index (χ4v) is 1.28. The molecule has 0 spiro atoms. The number of hydrogen-bond donors (Lipinski definition) is 0. The summed E-state index contributed by atoms with van der Waals surface area (Å²) in [5.41, 5.74) is 1.24. The minimum atomic E-state index is -0.348. The van der Waals surface area contributed by atoms with Crippen LogP contribution in [-0.2, 0) is 6.42 Å². The van der Waals surface area contributed by atoms with Gasteiger partial charge in [-0.25, -0.2) is 0 Å². The number of aryl methyl sites for hydroxylation is 1. The third-order valence-corrected chi connectivity index (χ3v) is 2.13. The third kappa shape index (κ3) is 3.17. The second kappa shape index (κ2) is 4.74. The van der Waals surface area contributed by atoms with Crippen LogP contribution in [0.25, 0.3) is 0 Å². The lowest BCUT2D eigenvalue weighted by Gasteiger charge is -2.03. The summed E-state index contributed by atoms with van der Waals surface area (Å²) < 4.78 is 0. The second-order valence-electron chi connectivity index (χ2n) is 3.86. The van der Waals surface area contributed by atoms with E-state index in [9.17, 15) is 10.1 Å². The number of hydrogen-bond acceptors (Lipinski definition) is 2. The van der Waals surface area contributed by atoms with Crippen molar-refractivity contribution in [1.29, 1.82) is 0 Å². The maximum atomic E-state index is 10.5. The standard InChI is InChI=1S/C11H15NO2/c1-9(2)6-7-10-4-3-5-11(8-10)12(13)14/h3-5,8-9H,6-7H2,1-2H3. The first-order valence-electron chi connectivity index (χ1n) is 4.83. The molecule has 3 nitrogen and oxygen atoms in total. The molecule has 0 saturated carbocycles. The van der Waals surface area contributed by atoms with Crippen molar-refractivity contribution in [1.82, 2.24) is 0 Å². The summed E-state index contributed by atoms with van der Waals surface area (Å²) in [5.74, 6) is 0.634. The average molecular weight is 193 g/mol. The molecule has 0 radical (unpaired) electrons. The van der Waals surface area contributed by atoms with Crippen LogP contribution in [0.3, 0.4) is 0 Å². The lowest BCUT2D eigenvalue weighted by atomic mass is 10.0. The van der Waals surface area contributed by atoms with Crippen LogP contribution < -0.4 is 0 Å². The van der Waals surface area contributed by atoms with Gasteiger partial charge in [0.05, 0.1) is 4.92 Å². The van der Waals surface area contributed by atoms with Crippen LogP contribution in [0.2, 0.25) is 0 Å². The number of non-ortho nitro benzene ring substituents is 1. The molecule has 0 aliphatic heterocycles. The summed E-state index contributed by atoms with van der Waals surface area (Å²) in [4.78, 5) is 10.1. The largest absolute Gasteiger partial charge is 0.269 e. The minimum Gasteiger partial charge on any atom is -0.258 e. The van der Waals surface area contributed by atoms with E-state index >= 15 is 0 Å². The van der Waals surface area contributed by atoms with Crippen LogP contribution in [-0.4, -0.2) is 4.92 Å². The van der Waals surface area contributed by atoms with E-state index in [2.05, 4.69) is 13.8 Å². The zero-order valence-electron chi connectivity index (χ0n) is 8.56. The van der Waals surface area contributed by atoms with Crippen LogP contribution in [0.4, 0.5) is 5.69 Å². The maximum absolute atomic E-state index is 10.5. The zero-order chi connectivity index (χ0) is 10.6. The molecule has 0 aliphatic carbocycles. The summed E-state index contributed by atoms with van der Waals surface area (Å²) in [6.45, 7) is 4.30. The Morgan fingerprint density at radius 1 is 1.43 bits per heavy atom. The van der Waals surface area contributed by atoms with Crippen molar-refractivity contribution >= 4 is 5.69 Å². The molecule has 0 bridgehead atoms. The van der Waals surface area contributed by atoms with Crippen LogP contribution in [0.1, 0.15) is 25.8 Å². The van der Waals surface area contributed by atoms with Gasteiger partial charge in [0.15, 0.2) is 0 Å². The van der Waals surface area contributed by atoms with Crippen molar-refractivity contribution in [3.05, 3.63) is 39.9 Å². The quantitative estimate of drug-likeness (QED) is 0.544. The van der Waals surface area contributed by atoms with Gasteiger partial charge in [-0.1, -0.05) is 26.0 Å². The topological polar surface area (TPSA) is 43.1 Å². The van der Waals surface area contributed by atoms with Gasteiger partial charge < -0.3 is 0 Å². The highest BCUT2D eigenvalue weighted by Gasteiger charge is 2.05. The number of nitro groups is 1. The van der Waals surface area contributed by atoms with E-state index in [1.54, 1.807) is 12.1 Å². The van der Waals surface area contributed by atoms with Gasteiger partial charge in [0.2, 0.25) is 0 Å². The molecule has 14 heavy (non-hydrogen) atoms. The highest BCUT2D eigenvalue weighted by Crippen LogP contribution is 2.15. The summed E-state index contributed by atoms with van der Waals surface area (Å²) >= 11 is 0. The molecule has 0 N–H and O–H groups in total. The molecule has 1 aromatic carbocycles. The van der Waals surface area contributed by atoms with Crippen LogP contribution in [0.15, 0.2) is 24.3 Å². The molecule has 0 saturated heterocycles. The summed E-state index contributed by atoms with van der Waals surface area (Å²) in [7, 11) is 0. The first-order chi connectivity index (χ1) is 6.59. The Labute approximate surface area is 83.9 Å². The highest BCUT2D eigenvalue weighted by molar-refractivity contribution is 5.34. The fraction of sp³-hybridized carbons (Fsp3) is 0.455. The summed E-state index contributed by atoms with van der Waals surface area (Å²) in [6, 6.07) is 6.87. The van der Waals surface area contributed by atoms with Gasteiger partial charge in [0.1, 0.15) is 0 Å². The molecule has 1 aromatic rings. The van der Waals surface area contributed by atoms with Crippen LogP contribution in [0, 0.1) is 16.0 Å². The lowest BCUT2D eigenvalue weighted by Crippen LogP contribution is -1.94. The Hall–Kier alpha value is -1.38. The van der Waals surface area contributed by atoms with Crippen molar-refractivity contribution < 1.29 is 4.92 Å². The minimum absolute atomic E-state index is 0.186. The predicted octanol–water partition coefficient (Wildman–Crippen LogP) is 3.18. The van der Waals surface area contributed by atoms with Gasteiger partial charge in [-0.2, -0.15) is 0 Å². The van der Waals surface area contributed by atoms with E-state index in [0.29, 0.717) is 5.92 Å². The molecule has 76 valence electrons. The number of rotatable bonds is 4. The van der Waals surface area contributed by atoms with E-state index in [0.717, 1.165) is 18.4 Å². The molecule has 0 fully saturated rings. The molecule has 0 aromatic heterocycles. The van der Waals surface area contributed by atoms with Gasteiger partial charge >= 0.3 is 0 Å². The van der Waals surface area contributed by atoms with Gasteiger partial charge in [0, 0.05) is 12.1 Å². The van der Waals surface area contributed by atoms with E-state index in [-0.39, 0.29) is 10.6 Å². The van der Waals surface area contributed by atoms with Crippen molar-refractivity contribution in [3.63, 3.8) is 0 Å². The van der Waals surface area contributed by atoms with Gasteiger partial charge in [0.25, 0.3) is 5.69 Å². The average Bonchev–Trinajstić information content (AvgIpc) is 2.15. The number of nitro benzene ring substituents is 1. The first-order valence-corrected chi connectivity index (χ1v) is 4.83. The summed E-state index contributed by atoms with van der Waals surface area (Å²) in [6.07, 6.45) is 1.99. The lowest BCUT2D eigenvalue weighted by molar-refractivity contribution is -0.384. The van der Waals surface area contributed by atoms with Crippen LogP contribution >= 0.6 is 0 Å². The Morgan fingerprint density at radius 2 is 2.14 bits per heavy atom. The SMILES string of the molecule is CC(C)CCc1cccc([N+](=O)[O-])c1. The van der Waals surface area contributed by atoms with E-state index in [1.807, 2.05) is 6.07 Å². The second-order valence-corrected chi connectivity index (χ2v) is 3.86. The molecular weight excluding hydrogens is 178 g/mol. The van der Waals surface area contributed by atoms with Crippen molar-refractivity contribution in [2.75, 3.05) is 0 Å². The Bertz CT molecular complexity index is 321.